The maximum Gasteiger partial charge on any atom is 0.260 e. The molecule has 8 heteroatoms. The van der Waals surface area contributed by atoms with Crippen molar-refractivity contribution in [2.75, 3.05) is 31.6 Å². The van der Waals surface area contributed by atoms with Gasteiger partial charge in [-0.15, -0.1) is 0 Å². The van der Waals surface area contributed by atoms with Gasteiger partial charge in [-0.25, -0.2) is 14.4 Å². The number of carbonyl (C=O) groups is 1. The Hall–Kier alpha value is -3.36. The molecule has 1 aliphatic heterocycles. The van der Waals surface area contributed by atoms with Crippen LogP contribution in [0.4, 0.5) is 10.2 Å². The van der Waals surface area contributed by atoms with Crippen LogP contribution in [0.5, 0.6) is 11.6 Å². The molecule has 0 spiro atoms. The maximum absolute atomic E-state index is 13.0. The number of nitrogens with zero attached hydrogens (tertiary/aromatic N) is 4. The Labute approximate surface area is 186 Å². The van der Waals surface area contributed by atoms with Crippen molar-refractivity contribution in [2.45, 2.75) is 19.5 Å². The SMILES string of the molecule is C[C@H]1CN(Cc2ccc(N(C)C(=O)c3ccc(Oc4ccc(F)cc4)nc3)nc2)CCN1. The summed E-state index contributed by atoms with van der Waals surface area (Å²) in [6.07, 6.45) is 3.28. The zero-order chi connectivity index (χ0) is 22.5. The van der Waals surface area contributed by atoms with Crippen molar-refractivity contribution in [3.8, 4) is 11.6 Å². The highest BCUT2D eigenvalue weighted by atomic mass is 19.1. The number of anilines is 1. The highest BCUT2D eigenvalue weighted by Gasteiger charge is 2.17. The fraction of sp³-hybridized carbons (Fsp3) is 0.292. The van der Waals surface area contributed by atoms with Crippen molar-refractivity contribution >= 4 is 11.7 Å². The first kappa shape index (κ1) is 21.9. The van der Waals surface area contributed by atoms with E-state index in [1.807, 2.05) is 18.3 Å². The Kier molecular flexibility index (Phi) is 6.72. The molecule has 1 amide bonds. The number of ether oxygens (including phenoxy) is 1. The van der Waals surface area contributed by atoms with Crippen LogP contribution >= 0.6 is 0 Å². The van der Waals surface area contributed by atoms with E-state index >= 15 is 0 Å². The molecule has 0 saturated carbocycles. The molecule has 3 heterocycles. The lowest BCUT2D eigenvalue weighted by Gasteiger charge is -2.31. The van der Waals surface area contributed by atoms with E-state index in [2.05, 4.69) is 27.1 Å². The van der Waals surface area contributed by atoms with E-state index < -0.39 is 0 Å². The number of hydrogen-bond donors (Lipinski definition) is 1. The Balaban J connectivity index is 1.36. The molecule has 1 aliphatic rings. The van der Waals surface area contributed by atoms with Gasteiger partial charge in [0.1, 0.15) is 17.4 Å². The summed E-state index contributed by atoms with van der Waals surface area (Å²) in [5.74, 6) is 0.797. The topological polar surface area (TPSA) is 70.6 Å². The standard InChI is InChI=1S/C24H26FN5O2/c1-17-15-30(12-11-26-17)16-18-3-9-22(27-13-18)29(2)24(31)19-4-10-23(28-14-19)32-21-7-5-20(25)6-8-21/h3-10,13-14,17,26H,11-12,15-16H2,1-2H3/t17-/m0/s1. The first-order valence-corrected chi connectivity index (χ1v) is 10.6. The van der Waals surface area contributed by atoms with E-state index in [4.69, 9.17) is 4.74 Å². The Morgan fingerprint density at radius 1 is 1.16 bits per heavy atom. The molecule has 2 aromatic heterocycles. The molecule has 166 valence electrons. The van der Waals surface area contributed by atoms with Gasteiger partial charge in [0.2, 0.25) is 5.88 Å². The highest BCUT2D eigenvalue weighted by Crippen LogP contribution is 2.21. The smallest absolute Gasteiger partial charge is 0.260 e. The fourth-order valence-electron chi connectivity index (χ4n) is 3.61. The van der Waals surface area contributed by atoms with Crippen LogP contribution in [0.3, 0.4) is 0 Å². The van der Waals surface area contributed by atoms with E-state index in [9.17, 15) is 9.18 Å². The monoisotopic (exact) mass is 435 g/mol. The van der Waals surface area contributed by atoms with Gasteiger partial charge in [0, 0.05) is 57.7 Å². The minimum absolute atomic E-state index is 0.220. The third-order valence-corrected chi connectivity index (χ3v) is 5.34. The third-order valence-electron chi connectivity index (χ3n) is 5.34. The van der Waals surface area contributed by atoms with Gasteiger partial charge in [0.25, 0.3) is 5.91 Å². The van der Waals surface area contributed by atoms with Gasteiger partial charge in [-0.3, -0.25) is 14.6 Å². The Morgan fingerprint density at radius 3 is 2.62 bits per heavy atom. The summed E-state index contributed by atoms with van der Waals surface area (Å²) in [5, 5.41) is 3.44. The van der Waals surface area contributed by atoms with Gasteiger partial charge in [-0.05, 0) is 48.9 Å². The molecule has 1 aromatic carbocycles. The summed E-state index contributed by atoms with van der Waals surface area (Å²) in [7, 11) is 1.69. The zero-order valence-corrected chi connectivity index (χ0v) is 18.2. The van der Waals surface area contributed by atoms with Crippen molar-refractivity contribution in [1.29, 1.82) is 0 Å². The molecule has 1 fully saturated rings. The minimum Gasteiger partial charge on any atom is -0.439 e. The lowest BCUT2D eigenvalue weighted by molar-refractivity contribution is 0.0992. The second-order valence-corrected chi connectivity index (χ2v) is 7.92. The molecule has 32 heavy (non-hydrogen) atoms. The molecule has 4 rings (SSSR count). The van der Waals surface area contributed by atoms with Crippen molar-refractivity contribution in [3.05, 3.63) is 77.9 Å². The van der Waals surface area contributed by atoms with Crippen molar-refractivity contribution in [2.24, 2.45) is 0 Å². The van der Waals surface area contributed by atoms with Gasteiger partial charge in [-0.1, -0.05) is 6.07 Å². The number of aromatic nitrogens is 2. The Morgan fingerprint density at radius 2 is 1.97 bits per heavy atom. The second kappa shape index (κ2) is 9.84. The number of rotatable bonds is 6. The lowest BCUT2D eigenvalue weighted by atomic mass is 10.2. The number of piperazine rings is 1. The summed E-state index contributed by atoms with van der Waals surface area (Å²) in [5.41, 5.74) is 1.53. The molecular weight excluding hydrogens is 409 g/mol. The van der Waals surface area contributed by atoms with Gasteiger partial charge >= 0.3 is 0 Å². The molecule has 1 N–H and O–H groups in total. The summed E-state index contributed by atoms with van der Waals surface area (Å²) < 4.78 is 18.6. The largest absolute Gasteiger partial charge is 0.439 e. The zero-order valence-electron chi connectivity index (χ0n) is 18.2. The normalized spacial score (nSPS) is 16.5. The summed E-state index contributed by atoms with van der Waals surface area (Å²) in [6, 6.07) is 13.3. The van der Waals surface area contributed by atoms with Crippen LogP contribution in [0.2, 0.25) is 0 Å². The summed E-state index contributed by atoms with van der Waals surface area (Å²) >= 11 is 0. The quantitative estimate of drug-likeness (QED) is 0.639. The number of benzene rings is 1. The van der Waals surface area contributed by atoms with E-state index in [0.717, 1.165) is 31.7 Å². The molecule has 0 aliphatic carbocycles. The van der Waals surface area contributed by atoms with E-state index in [1.54, 1.807) is 19.2 Å². The second-order valence-electron chi connectivity index (χ2n) is 7.92. The molecule has 0 bridgehead atoms. The average Bonchev–Trinajstić information content (AvgIpc) is 2.81. The maximum atomic E-state index is 13.0. The molecule has 0 unspecified atom stereocenters. The number of carbonyl (C=O) groups excluding carboxylic acids is 1. The number of amides is 1. The highest BCUT2D eigenvalue weighted by molar-refractivity contribution is 6.05. The van der Waals surface area contributed by atoms with Gasteiger partial charge < -0.3 is 10.1 Å². The fourth-order valence-corrected chi connectivity index (χ4v) is 3.61. The molecular formula is C24H26FN5O2. The van der Waals surface area contributed by atoms with Crippen LogP contribution in [-0.4, -0.2) is 53.5 Å². The van der Waals surface area contributed by atoms with Crippen LogP contribution < -0.4 is 15.0 Å². The van der Waals surface area contributed by atoms with Gasteiger partial charge in [0.05, 0.1) is 5.56 Å². The van der Waals surface area contributed by atoms with Crippen molar-refractivity contribution in [1.82, 2.24) is 20.2 Å². The predicted octanol–water partition coefficient (Wildman–Crippen LogP) is 3.48. The van der Waals surface area contributed by atoms with Crippen LogP contribution in [0.15, 0.2) is 60.9 Å². The van der Waals surface area contributed by atoms with Crippen LogP contribution in [0.25, 0.3) is 0 Å². The minimum atomic E-state index is -0.339. The van der Waals surface area contributed by atoms with Gasteiger partial charge in [0.15, 0.2) is 0 Å². The molecule has 1 atom stereocenters. The first-order valence-electron chi connectivity index (χ1n) is 10.6. The first-order chi connectivity index (χ1) is 15.5. The number of hydrogen-bond acceptors (Lipinski definition) is 6. The summed E-state index contributed by atoms with van der Waals surface area (Å²) in [6.45, 7) is 6.04. The van der Waals surface area contributed by atoms with Gasteiger partial charge in [-0.2, -0.15) is 0 Å². The predicted molar refractivity (Wildman–Crippen MR) is 120 cm³/mol. The third kappa shape index (κ3) is 5.46. The van der Waals surface area contributed by atoms with Crippen molar-refractivity contribution in [3.63, 3.8) is 0 Å². The van der Waals surface area contributed by atoms with Crippen LogP contribution in [-0.2, 0) is 6.54 Å². The number of nitrogens with one attached hydrogen (secondary N) is 1. The number of pyridine rings is 2. The molecule has 1 saturated heterocycles. The van der Waals surface area contributed by atoms with Crippen LogP contribution in [0.1, 0.15) is 22.8 Å². The van der Waals surface area contributed by atoms with Crippen molar-refractivity contribution < 1.29 is 13.9 Å². The molecule has 7 nitrogen and oxygen atoms in total. The summed E-state index contributed by atoms with van der Waals surface area (Å²) in [4.78, 5) is 25.4. The average molecular weight is 436 g/mol. The number of halogens is 1. The van der Waals surface area contributed by atoms with E-state index in [-0.39, 0.29) is 11.7 Å². The molecule has 3 aromatic rings. The van der Waals surface area contributed by atoms with E-state index in [1.165, 1.54) is 35.4 Å². The van der Waals surface area contributed by atoms with Crippen LogP contribution in [0, 0.1) is 5.82 Å². The Bertz CT molecular complexity index is 1040. The van der Waals surface area contributed by atoms with E-state index in [0.29, 0.717) is 29.1 Å². The lowest BCUT2D eigenvalue weighted by Crippen LogP contribution is -2.48. The molecule has 0 radical (unpaired) electrons.